The van der Waals surface area contributed by atoms with Crippen LogP contribution in [0, 0.1) is 11.3 Å². The second kappa shape index (κ2) is 4.64. The van der Waals surface area contributed by atoms with Gasteiger partial charge < -0.3 is 9.64 Å². The van der Waals surface area contributed by atoms with Gasteiger partial charge in [-0.1, -0.05) is 0 Å². The molecule has 0 unspecified atom stereocenters. The van der Waals surface area contributed by atoms with Crippen molar-refractivity contribution < 1.29 is 4.74 Å². The van der Waals surface area contributed by atoms with Crippen LogP contribution in [0.4, 0.5) is 0 Å². The van der Waals surface area contributed by atoms with Crippen molar-refractivity contribution in [3.05, 3.63) is 29.3 Å². The molecule has 0 heterocycles. The first-order chi connectivity index (χ1) is 6.65. The lowest BCUT2D eigenvalue weighted by molar-refractivity contribution is 0.395. The molecule has 0 aliphatic heterocycles. The van der Waals surface area contributed by atoms with Crippen LogP contribution in [-0.4, -0.2) is 26.1 Å². The second-order valence-corrected chi connectivity index (χ2v) is 3.42. The van der Waals surface area contributed by atoms with Crippen molar-refractivity contribution in [2.75, 3.05) is 21.2 Å². The summed E-state index contributed by atoms with van der Waals surface area (Å²) in [5.41, 5.74) is 1.73. The van der Waals surface area contributed by atoms with Crippen molar-refractivity contribution in [1.29, 1.82) is 5.26 Å². The number of rotatable bonds is 3. The van der Waals surface area contributed by atoms with E-state index >= 15 is 0 Å². The first-order valence-corrected chi connectivity index (χ1v) is 4.38. The monoisotopic (exact) mass is 190 g/mol. The molecule has 3 nitrogen and oxygen atoms in total. The van der Waals surface area contributed by atoms with Crippen LogP contribution in [-0.2, 0) is 6.54 Å². The highest BCUT2D eigenvalue weighted by atomic mass is 16.5. The lowest BCUT2D eigenvalue weighted by Crippen LogP contribution is -2.10. The minimum atomic E-state index is 0.640. The van der Waals surface area contributed by atoms with Crippen LogP contribution < -0.4 is 4.74 Å². The third kappa shape index (κ3) is 2.75. The fourth-order valence-corrected chi connectivity index (χ4v) is 1.30. The summed E-state index contributed by atoms with van der Waals surface area (Å²) in [6, 6.07) is 7.67. The molecule has 0 fully saturated rings. The maximum absolute atomic E-state index is 8.80. The zero-order chi connectivity index (χ0) is 10.6. The maximum atomic E-state index is 8.80. The summed E-state index contributed by atoms with van der Waals surface area (Å²) in [5.74, 6) is 0.737. The zero-order valence-corrected chi connectivity index (χ0v) is 8.74. The van der Waals surface area contributed by atoms with E-state index in [2.05, 4.69) is 11.0 Å². The van der Waals surface area contributed by atoms with Crippen LogP contribution in [0.1, 0.15) is 11.1 Å². The highest BCUT2D eigenvalue weighted by Crippen LogP contribution is 2.17. The van der Waals surface area contributed by atoms with Gasteiger partial charge in [0.1, 0.15) is 5.75 Å². The molecule has 0 N–H and O–H groups in total. The molecule has 0 saturated carbocycles. The Bertz CT molecular complexity index is 353. The van der Waals surface area contributed by atoms with E-state index in [-0.39, 0.29) is 0 Å². The predicted octanol–water partition coefficient (Wildman–Crippen LogP) is 1.63. The molecular formula is C11H14N2O. The van der Waals surface area contributed by atoms with Crippen LogP contribution in [0.3, 0.4) is 0 Å². The Morgan fingerprint density at radius 3 is 2.57 bits per heavy atom. The van der Waals surface area contributed by atoms with Gasteiger partial charge in [-0.2, -0.15) is 5.26 Å². The lowest BCUT2D eigenvalue weighted by Gasteiger charge is -2.11. The van der Waals surface area contributed by atoms with Crippen LogP contribution in [0.5, 0.6) is 5.75 Å². The molecule has 0 radical (unpaired) electrons. The molecule has 0 spiro atoms. The molecule has 1 rings (SSSR count). The van der Waals surface area contributed by atoms with E-state index in [4.69, 9.17) is 10.00 Å². The Morgan fingerprint density at radius 1 is 1.36 bits per heavy atom. The minimum Gasteiger partial charge on any atom is -0.497 e. The summed E-state index contributed by atoms with van der Waals surface area (Å²) in [4.78, 5) is 2.05. The van der Waals surface area contributed by atoms with Gasteiger partial charge in [0.15, 0.2) is 0 Å². The quantitative estimate of drug-likeness (QED) is 0.726. The van der Waals surface area contributed by atoms with Crippen LogP contribution in [0.2, 0.25) is 0 Å². The number of nitriles is 1. The van der Waals surface area contributed by atoms with Crippen LogP contribution in [0.25, 0.3) is 0 Å². The van der Waals surface area contributed by atoms with Crippen molar-refractivity contribution in [2.45, 2.75) is 6.54 Å². The summed E-state index contributed by atoms with van der Waals surface area (Å²) in [7, 11) is 5.59. The summed E-state index contributed by atoms with van der Waals surface area (Å²) in [5, 5.41) is 8.80. The molecule has 1 aromatic rings. The van der Waals surface area contributed by atoms with Gasteiger partial charge in [0, 0.05) is 6.54 Å². The number of benzene rings is 1. The number of nitrogens with zero attached hydrogens (tertiary/aromatic N) is 2. The molecule has 0 saturated heterocycles. The van der Waals surface area contributed by atoms with Gasteiger partial charge in [-0.3, -0.25) is 0 Å². The maximum Gasteiger partial charge on any atom is 0.120 e. The van der Waals surface area contributed by atoms with Crippen LogP contribution >= 0.6 is 0 Å². The smallest absolute Gasteiger partial charge is 0.120 e. The molecule has 0 aliphatic rings. The van der Waals surface area contributed by atoms with Gasteiger partial charge in [0.05, 0.1) is 18.7 Å². The highest BCUT2D eigenvalue weighted by molar-refractivity contribution is 5.40. The van der Waals surface area contributed by atoms with Gasteiger partial charge in [-0.25, -0.2) is 0 Å². The van der Waals surface area contributed by atoms with Gasteiger partial charge in [0.2, 0.25) is 0 Å². The van der Waals surface area contributed by atoms with Crippen molar-refractivity contribution in [3.8, 4) is 11.8 Å². The third-order valence-corrected chi connectivity index (χ3v) is 1.83. The average molecular weight is 190 g/mol. The summed E-state index contributed by atoms with van der Waals surface area (Å²) in [6.07, 6.45) is 0. The summed E-state index contributed by atoms with van der Waals surface area (Å²) in [6.45, 7) is 0.811. The molecular weight excluding hydrogens is 176 g/mol. The van der Waals surface area contributed by atoms with Crippen molar-refractivity contribution in [2.24, 2.45) is 0 Å². The Hall–Kier alpha value is -1.53. The molecule has 0 amide bonds. The number of ether oxygens (including phenoxy) is 1. The van der Waals surface area contributed by atoms with E-state index in [1.807, 2.05) is 26.2 Å². The molecule has 0 atom stereocenters. The van der Waals surface area contributed by atoms with Gasteiger partial charge >= 0.3 is 0 Å². The summed E-state index contributed by atoms with van der Waals surface area (Å²) >= 11 is 0. The molecule has 14 heavy (non-hydrogen) atoms. The predicted molar refractivity (Wildman–Crippen MR) is 55.1 cm³/mol. The molecule has 0 aliphatic carbocycles. The third-order valence-electron chi connectivity index (χ3n) is 1.83. The lowest BCUT2D eigenvalue weighted by atomic mass is 10.1. The molecule has 74 valence electrons. The number of methoxy groups -OCH3 is 1. The Morgan fingerprint density at radius 2 is 2.07 bits per heavy atom. The van der Waals surface area contributed by atoms with E-state index in [1.54, 1.807) is 13.2 Å². The average Bonchev–Trinajstić information content (AvgIpc) is 2.16. The standard InChI is InChI=1S/C11H14N2O/c1-13(2)8-10-4-9(7-12)5-11(6-10)14-3/h4-6H,8H2,1-3H3. The molecule has 1 aromatic carbocycles. The Kier molecular flexibility index (Phi) is 3.49. The van der Waals surface area contributed by atoms with Gasteiger partial charge in [-0.05, 0) is 37.9 Å². The largest absolute Gasteiger partial charge is 0.497 e. The molecule has 0 bridgehead atoms. The first kappa shape index (κ1) is 10.6. The second-order valence-electron chi connectivity index (χ2n) is 3.42. The van der Waals surface area contributed by atoms with E-state index in [1.165, 1.54) is 0 Å². The van der Waals surface area contributed by atoms with E-state index in [9.17, 15) is 0 Å². The zero-order valence-electron chi connectivity index (χ0n) is 8.74. The first-order valence-electron chi connectivity index (χ1n) is 4.38. The molecule has 0 aromatic heterocycles. The van der Waals surface area contributed by atoms with E-state index < -0.39 is 0 Å². The normalized spacial score (nSPS) is 9.93. The SMILES string of the molecule is COc1cc(C#N)cc(CN(C)C)c1. The summed E-state index contributed by atoms with van der Waals surface area (Å²) < 4.78 is 5.11. The fraction of sp³-hybridized carbons (Fsp3) is 0.364. The van der Waals surface area contributed by atoms with Crippen LogP contribution in [0.15, 0.2) is 18.2 Å². The topological polar surface area (TPSA) is 36.3 Å². The Balaban J connectivity index is 3.00. The fourth-order valence-electron chi connectivity index (χ4n) is 1.30. The number of hydrogen-bond donors (Lipinski definition) is 0. The van der Waals surface area contributed by atoms with E-state index in [0.717, 1.165) is 17.9 Å². The Labute approximate surface area is 84.5 Å². The van der Waals surface area contributed by atoms with Gasteiger partial charge in [-0.15, -0.1) is 0 Å². The molecule has 3 heteroatoms. The van der Waals surface area contributed by atoms with E-state index in [0.29, 0.717) is 5.56 Å². The van der Waals surface area contributed by atoms with Gasteiger partial charge in [0.25, 0.3) is 0 Å². The van der Waals surface area contributed by atoms with Crippen molar-refractivity contribution >= 4 is 0 Å². The van der Waals surface area contributed by atoms with Crippen molar-refractivity contribution in [1.82, 2.24) is 4.90 Å². The van der Waals surface area contributed by atoms with Crippen molar-refractivity contribution in [3.63, 3.8) is 0 Å². The minimum absolute atomic E-state index is 0.640. The number of hydrogen-bond acceptors (Lipinski definition) is 3. The highest BCUT2D eigenvalue weighted by Gasteiger charge is 2.01.